The van der Waals surface area contributed by atoms with Crippen LogP contribution in [0.5, 0.6) is 5.75 Å². The number of benzene rings is 1. The van der Waals surface area contributed by atoms with Crippen LogP contribution in [0.4, 0.5) is 13.2 Å². The van der Waals surface area contributed by atoms with Gasteiger partial charge in [-0.05, 0) is 28.1 Å². The molecule has 0 aliphatic rings. The minimum absolute atomic E-state index is 0.323. The van der Waals surface area contributed by atoms with E-state index in [2.05, 4.69) is 25.7 Å². The van der Waals surface area contributed by atoms with Crippen LogP contribution in [-0.2, 0) is 0 Å². The fourth-order valence-corrected chi connectivity index (χ4v) is 1.84. The van der Waals surface area contributed by atoms with E-state index in [4.69, 9.17) is 11.6 Å². The molecule has 2 rings (SSSR count). The maximum absolute atomic E-state index is 12.0. The van der Waals surface area contributed by atoms with Gasteiger partial charge >= 0.3 is 6.36 Å². The molecule has 0 bridgehead atoms. The van der Waals surface area contributed by atoms with Crippen molar-refractivity contribution in [2.45, 2.75) is 6.36 Å². The molecule has 1 aromatic carbocycles. The summed E-state index contributed by atoms with van der Waals surface area (Å²) >= 11 is 9.14. The number of aromatic nitrogens is 1. The molecule has 0 unspecified atom stereocenters. The van der Waals surface area contributed by atoms with Crippen LogP contribution in [-0.4, -0.2) is 11.3 Å². The average Bonchev–Trinajstić information content (AvgIpc) is 2.21. The van der Waals surface area contributed by atoms with Crippen LogP contribution >= 0.6 is 27.5 Å². The third kappa shape index (κ3) is 2.81. The largest absolute Gasteiger partial charge is 0.573 e. The predicted octanol–water partition coefficient (Wildman–Crippen LogP) is 4.55. The molecule has 0 saturated carbocycles. The minimum atomic E-state index is -4.72. The summed E-state index contributed by atoms with van der Waals surface area (Å²) in [5.74, 6) is -0.323. The van der Waals surface area contributed by atoms with E-state index < -0.39 is 6.36 Å². The van der Waals surface area contributed by atoms with Crippen LogP contribution < -0.4 is 4.74 Å². The van der Waals surface area contributed by atoms with Crippen molar-refractivity contribution in [1.82, 2.24) is 4.98 Å². The molecule has 0 atom stereocenters. The normalized spacial score (nSPS) is 11.8. The molecule has 90 valence electrons. The van der Waals surface area contributed by atoms with E-state index in [0.29, 0.717) is 20.4 Å². The molecule has 2 aromatic rings. The Hall–Kier alpha value is -1.01. The lowest BCUT2D eigenvalue weighted by atomic mass is 10.2. The number of fused-ring (bicyclic) bond motifs is 1. The summed E-state index contributed by atoms with van der Waals surface area (Å²) in [6, 6.07) is 3.80. The molecule has 0 N–H and O–H groups in total. The fraction of sp³-hybridized carbons (Fsp3) is 0.100. The highest BCUT2D eigenvalue weighted by Crippen LogP contribution is 2.32. The van der Waals surface area contributed by atoms with Crippen molar-refractivity contribution < 1.29 is 17.9 Å². The number of pyridine rings is 1. The highest BCUT2D eigenvalue weighted by molar-refractivity contribution is 9.10. The van der Waals surface area contributed by atoms with Gasteiger partial charge in [0.1, 0.15) is 5.75 Å². The van der Waals surface area contributed by atoms with Crippen molar-refractivity contribution in [3.8, 4) is 5.75 Å². The molecule has 0 amide bonds. The zero-order valence-corrected chi connectivity index (χ0v) is 10.4. The molecule has 0 fully saturated rings. The van der Waals surface area contributed by atoms with Gasteiger partial charge in [0, 0.05) is 17.6 Å². The number of hydrogen-bond acceptors (Lipinski definition) is 2. The summed E-state index contributed by atoms with van der Waals surface area (Å²) in [5.41, 5.74) is 0.333. The molecule has 0 spiro atoms. The Balaban J connectivity index is 2.49. The summed E-state index contributed by atoms with van der Waals surface area (Å²) in [6.45, 7) is 0. The van der Waals surface area contributed by atoms with Crippen molar-refractivity contribution in [3.05, 3.63) is 33.9 Å². The Bertz CT molecular complexity index is 573. The van der Waals surface area contributed by atoms with Gasteiger partial charge in [-0.15, -0.1) is 13.2 Å². The first-order valence-corrected chi connectivity index (χ1v) is 5.53. The zero-order valence-electron chi connectivity index (χ0n) is 8.05. The molecular formula is C10H4BrClF3NO. The number of rotatable bonds is 1. The van der Waals surface area contributed by atoms with Crippen molar-refractivity contribution in [2.75, 3.05) is 0 Å². The SMILES string of the molecule is FC(F)(F)Oc1ccc2c(Cl)c(Br)cnc2c1. The first-order valence-electron chi connectivity index (χ1n) is 4.36. The first-order chi connectivity index (χ1) is 7.87. The summed E-state index contributed by atoms with van der Waals surface area (Å²) in [5, 5.41) is 0.948. The Morgan fingerprint density at radius 1 is 1.29 bits per heavy atom. The highest BCUT2D eigenvalue weighted by atomic mass is 79.9. The maximum atomic E-state index is 12.0. The first kappa shape index (κ1) is 12.4. The third-order valence-corrected chi connectivity index (χ3v) is 3.20. The average molecular weight is 326 g/mol. The van der Waals surface area contributed by atoms with Gasteiger partial charge in [0.25, 0.3) is 0 Å². The van der Waals surface area contributed by atoms with Gasteiger partial charge in [0.2, 0.25) is 0 Å². The standard InChI is InChI=1S/C10H4BrClF3NO/c11-7-4-16-8-3-5(17-10(13,14)15)1-2-6(8)9(7)12/h1-4H. The molecule has 1 aromatic heterocycles. The van der Waals surface area contributed by atoms with E-state index in [0.717, 1.165) is 0 Å². The molecule has 0 aliphatic carbocycles. The van der Waals surface area contributed by atoms with E-state index in [1.165, 1.54) is 24.4 Å². The highest BCUT2D eigenvalue weighted by Gasteiger charge is 2.31. The smallest absolute Gasteiger partial charge is 0.406 e. The van der Waals surface area contributed by atoms with Gasteiger partial charge < -0.3 is 4.74 Å². The minimum Gasteiger partial charge on any atom is -0.406 e. The van der Waals surface area contributed by atoms with Gasteiger partial charge in [0.15, 0.2) is 0 Å². The lowest BCUT2D eigenvalue weighted by molar-refractivity contribution is -0.274. The second-order valence-electron chi connectivity index (χ2n) is 3.15. The van der Waals surface area contributed by atoms with Crippen LogP contribution in [0.25, 0.3) is 10.9 Å². The molecule has 7 heteroatoms. The van der Waals surface area contributed by atoms with Crippen molar-refractivity contribution in [3.63, 3.8) is 0 Å². The number of nitrogens with zero attached hydrogens (tertiary/aromatic N) is 1. The van der Waals surface area contributed by atoms with E-state index >= 15 is 0 Å². The number of ether oxygens (including phenoxy) is 1. The molecule has 1 heterocycles. The van der Waals surface area contributed by atoms with Crippen LogP contribution in [0.3, 0.4) is 0 Å². The van der Waals surface area contributed by atoms with Crippen molar-refractivity contribution in [1.29, 1.82) is 0 Å². The van der Waals surface area contributed by atoms with Crippen molar-refractivity contribution >= 4 is 38.4 Å². The lowest BCUT2D eigenvalue weighted by Crippen LogP contribution is -2.17. The van der Waals surface area contributed by atoms with E-state index in [-0.39, 0.29) is 5.75 Å². The Morgan fingerprint density at radius 2 is 2.00 bits per heavy atom. The molecular weight excluding hydrogens is 322 g/mol. The number of alkyl halides is 3. The quantitative estimate of drug-likeness (QED) is 0.767. The maximum Gasteiger partial charge on any atom is 0.573 e. The number of hydrogen-bond donors (Lipinski definition) is 0. The van der Waals surface area contributed by atoms with Gasteiger partial charge in [-0.3, -0.25) is 4.98 Å². The predicted molar refractivity (Wildman–Crippen MR) is 61.1 cm³/mol. The third-order valence-electron chi connectivity index (χ3n) is 1.97. The summed E-state index contributed by atoms with van der Waals surface area (Å²) in [4.78, 5) is 3.95. The monoisotopic (exact) mass is 325 g/mol. The molecule has 2 nitrogen and oxygen atoms in total. The topological polar surface area (TPSA) is 22.1 Å². The van der Waals surface area contributed by atoms with Gasteiger partial charge in [-0.1, -0.05) is 11.6 Å². The van der Waals surface area contributed by atoms with Crippen LogP contribution in [0.2, 0.25) is 5.02 Å². The Morgan fingerprint density at radius 3 is 2.65 bits per heavy atom. The van der Waals surface area contributed by atoms with Crippen LogP contribution in [0.15, 0.2) is 28.9 Å². The van der Waals surface area contributed by atoms with Crippen LogP contribution in [0, 0.1) is 0 Å². The molecule has 17 heavy (non-hydrogen) atoms. The fourth-order valence-electron chi connectivity index (χ4n) is 1.31. The zero-order chi connectivity index (χ0) is 12.6. The summed E-state index contributed by atoms with van der Waals surface area (Å²) in [6.07, 6.45) is -3.30. The van der Waals surface area contributed by atoms with Gasteiger partial charge in [0.05, 0.1) is 15.0 Å². The molecule has 0 radical (unpaired) electrons. The number of halogens is 5. The molecule has 0 saturated heterocycles. The van der Waals surface area contributed by atoms with E-state index in [9.17, 15) is 13.2 Å². The Kier molecular flexibility index (Phi) is 3.18. The Labute approximate surface area is 107 Å². The van der Waals surface area contributed by atoms with E-state index in [1.54, 1.807) is 0 Å². The van der Waals surface area contributed by atoms with Gasteiger partial charge in [-0.2, -0.15) is 0 Å². The summed E-state index contributed by atoms with van der Waals surface area (Å²) < 4.78 is 40.4. The van der Waals surface area contributed by atoms with Gasteiger partial charge in [-0.25, -0.2) is 0 Å². The van der Waals surface area contributed by atoms with E-state index in [1.807, 2.05) is 0 Å². The summed E-state index contributed by atoms with van der Waals surface area (Å²) in [7, 11) is 0. The second kappa shape index (κ2) is 4.34. The second-order valence-corrected chi connectivity index (χ2v) is 4.38. The van der Waals surface area contributed by atoms with Crippen molar-refractivity contribution in [2.24, 2.45) is 0 Å². The van der Waals surface area contributed by atoms with Crippen LogP contribution in [0.1, 0.15) is 0 Å². The lowest BCUT2D eigenvalue weighted by Gasteiger charge is -2.09. The molecule has 0 aliphatic heterocycles.